The van der Waals surface area contributed by atoms with Crippen molar-refractivity contribution in [1.29, 1.82) is 0 Å². The highest BCUT2D eigenvalue weighted by molar-refractivity contribution is 14.1. The van der Waals surface area contributed by atoms with E-state index in [-0.39, 0.29) is 12.4 Å². The Morgan fingerprint density at radius 3 is 2.57 bits per heavy atom. The minimum Gasteiger partial charge on any atom is -0.352 e. The van der Waals surface area contributed by atoms with E-state index in [1.807, 2.05) is 6.08 Å². The van der Waals surface area contributed by atoms with Gasteiger partial charge in [-0.1, -0.05) is 48.9 Å². The van der Waals surface area contributed by atoms with Gasteiger partial charge < -0.3 is 9.47 Å². The summed E-state index contributed by atoms with van der Waals surface area (Å²) in [5.74, 6) is 0. The van der Waals surface area contributed by atoms with Gasteiger partial charge in [-0.25, -0.2) is 0 Å². The van der Waals surface area contributed by atoms with Crippen molar-refractivity contribution < 1.29 is 9.47 Å². The Kier molecular flexibility index (Phi) is 10.2. The SMILES string of the molecule is C=CC(CC)OC(CI)OCCCC. The molecule has 2 nitrogen and oxygen atoms in total. The van der Waals surface area contributed by atoms with Gasteiger partial charge >= 0.3 is 0 Å². The van der Waals surface area contributed by atoms with Crippen LogP contribution < -0.4 is 0 Å². The minimum absolute atomic E-state index is 0.0786. The first-order chi connectivity index (χ1) is 6.78. The van der Waals surface area contributed by atoms with Crippen molar-refractivity contribution in [2.24, 2.45) is 0 Å². The molecular weight excluding hydrogens is 291 g/mol. The number of hydrogen-bond donors (Lipinski definition) is 0. The third kappa shape index (κ3) is 6.79. The van der Waals surface area contributed by atoms with Gasteiger partial charge in [-0.15, -0.1) is 6.58 Å². The van der Waals surface area contributed by atoms with Crippen molar-refractivity contribution in [2.75, 3.05) is 11.0 Å². The number of unbranched alkanes of at least 4 members (excludes halogenated alkanes) is 1. The van der Waals surface area contributed by atoms with Crippen LogP contribution in [-0.2, 0) is 9.47 Å². The van der Waals surface area contributed by atoms with Gasteiger partial charge in [0.05, 0.1) is 10.5 Å². The fraction of sp³-hybridized carbons (Fsp3) is 0.818. The molecule has 0 aliphatic rings. The molecule has 0 aromatic heterocycles. The zero-order chi connectivity index (χ0) is 10.8. The summed E-state index contributed by atoms with van der Waals surface area (Å²) in [5.41, 5.74) is 0. The summed E-state index contributed by atoms with van der Waals surface area (Å²) in [7, 11) is 0. The fourth-order valence-electron chi connectivity index (χ4n) is 0.993. The maximum Gasteiger partial charge on any atom is 0.167 e. The van der Waals surface area contributed by atoms with Crippen molar-refractivity contribution in [2.45, 2.75) is 45.5 Å². The van der Waals surface area contributed by atoms with Crippen LogP contribution in [0.5, 0.6) is 0 Å². The summed E-state index contributed by atoms with van der Waals surface area (Å²) >= 11 is 2.28. The van der Waals surface area contributed by atoms with E-state index in [4.69, 9.17) is 9.47 Å². The first kappa shape index (κ1) is 14.4. The van der Waals surface area contributed by atoms with E-state index in [0.717, 1.165) is 30.3 Å². The molecule has 0 saturated heterocycles. The molecule has 0 radical (unpaired) electrons. The summed E-state index contributed by atoms with van der Waals surface area (Å²) in [4.78, 5) is 0. The number of halogens is 1. The third-order valence-electron chi connectivity index (χ3n) is 1.92. The second-order valence-corrected chi connectivity index (χ2v) is 4.01. The Morgan fingerprint density at radius 2 is 2.14 bits per heavy atom. The molecule has 3 heteroatoms. The molecule has 0 heterocycles. The first-order valence-electron chi connectivity index (χ1n) is 5.24. The van der Waals surface area contributed by atoms with E-state index in [1.165, 1.54) is 0 Å². The van der Waals surface area contributed by atoms with Gasteiger partial charge in [0.15, 0.2) is 6.29 Å². The second kappa shape index (κ2) is 9.93. The second-order valence-electron chi connectivity index (χ2n) is 3.13. The van der Waals surface area contributed by atoms with Gasteiger partial charge in [0.2, 0.25) is 0 Å². The monoisotopic (exact) mass is 312 g/mol. The molecule has 0 aromatic carbocycles. The Bertz CT molecular complexity index is 139. The molecule has 0 amide bonds. The highest BCUT2D eigenvalue weighted by Gasteiger charge is 2.11. The van der Waals surface area contributed by atoms with Gasteiger partial charge in [-0.2, -0.15) is 0 Å². The van der Waals surface area contributed by atoms with Crippen LogP contribution in [-0.4, -0.2) is 23.4 Å². The van der Waals surface area contributed by atoms with Gasteiger partial charge in [0, 0.05) is 6.61 Å². The van der Waals surface area contributed by atoms with Crippen molar-refractivity contribution in [3.05, 3.63) is 12.7 Å². The van der Waals surface area contributed by atoms with E-state index < -0.39 is 0 Å². The smallest absolute Gasteiger partial charge is 0.167 e. The van der Waals surface area contributed by atoms with Crippen molar-refractivity contribution >= 4 is 22.6 Å². The number of rotatable bonds is 9. The maximum absolute atomic E-state index is 5.70. The van der Waals surface area contributed by atoms with E-state index >= 15 is 0 Å². The summed E-state index contributed by atoms with van der Waals surface area (Å²) in [6.45, 7) is 8.76. The molecule has 0 bridgehead atoms. The zero-order valence-electron chi connectivity index (χ0n) is 9.17. The molecule has 0 aliphatic heterocycles. The van der Waals surface area contributed by atoms with Crippen LogP contribution in [0.25, 0.3) is 0 Å². The van der Waals surface area contributed by atoms with E-state index in [9.17, 15) is 0 Å². The zero-order valence-corrected chi connectivity index (χ0v) is 11.3. The lowest BCUT2D eigenvalue weighted by Crippen LogP contribution is -2.24. The highest BCUT2D eigenvalue weighted by atomic mass is 127. The molecule has 0 fully saturated rings. The van der Waals surface area contributed by atoms with Gasteiger partial charge in [-0.3, -0.25) is 0 Å². The van der Waals surface area contributed by atoms with Gasteiger partial charge in [-0.05, 0) is 12.8 Å². The molecule has 2 unspecified atom stereocenters. The molecule has 0 aliphatic carbocycles. The lowest BCUT2D eigenvalue weighted by atomic mass is 10.3. The van der Waals surface area contributed by atoms with Gasteiger partial charge in [0.25, 0.3) is 0 Å². The van der Waals surface area contributed by atoms with Crippen LogP contribution in [0.3, 0.4) is 0 Å². The number of hydrogen-bond acceptors (Lipinski definition) is 2. The van der Waals surface area contributed by atoms with Crippen LogP contribution in [0.4, 0.5) is 0 Å². The Morgan fingerprint density at radius 1 is 1.43 bits per heavy atom. The van der Waals surface area contributed by atoms with Crippen molar-refractivity contribution in [3.63, 3.8) is 0 Å². The molecule has 0 N–H and O–H groups in total. The largest absolute Gasteiger partial charge is 0.352 e. The predicted octanol–water partition coefficient (Wildman–Crippen LogP) is 3.55. The molecule has 2 atom stereocenters. The standard InChI is InChI=1S/C11H21IO2/c1-4-7-8-13-11(9-12)14-10(5-2)6-3/h5,10-11H,2,4,6-9H2,1,3H3. The lowest BCUT2D eigenvalue weighted by molar-refractivity contribution is -0.144. The van der Waals surface area contributed by atoms with E-state index in [1.54, 1.807) is 0 Å². The molecule has 0 saturated carbocycles. The Labute approximate surface area is 101 Å². The molecule has 0 aromatic rings. The Hall–Kier alpha value is 0.390. The summed E-state index contributed by atoms with van der Waals surface area (Å²) < 4.78 is 12.2. The summed E-state index contributed by atoms with van der Waals surface area (Å²) in [5, 5.41) is 0. The molecule has 14 heavy (non-hydrogen) atoms. The van der Waals surface area contributed by atoms with E-state index in [2.05, 4.69) is 43.0 Å². The molecule has 84 valence electrons. The van der Waals surface area contributed by atoms with Crippen LogP contribution in [0, 0.1) is 0 Å². The average molecular weight is 312 g/mol. The molecule has 0 rings (SSSR count). The quantitative estimate of drug-likeness (QED) is 0.213. The normalized spacial score (nSPS) is 15.1. The number of ether oxygens (including phenoxy) is 2. The lowest BCUT2D eigenvalue weighted by Gasteiger charge is -2.20. The molecular formula is C11H21IO2. The summed E-state index contributed by atoms with van der Waals surface area (Å²) in [6.07, 6.45) is 5.09. The number of alkyl halides is 1. The highest BCUT2D eigenvalue weighted by Crippen LogP contribution is 2.08. The third-order valence-corrected chi connectivity index (χ3v) is 2.64. The van der Waals surface area contributed by atoms with Crippen LogP contribution in [0.15, 0.2) is 12.7 Å². The fourth-order valence-corrected chi connectivity index (χ4v) is 1.45. The average Bonchev–Trinajstić information content (AvgIpc) is 2.23. The van der Waals surface area contributed by atoms with Crippen LogP contribution >= 0.6 is 22.6 Å². The van der Waals surface area contributed by atoms with Crippen LogP contribution in [0.2, 0.25) is 0 Å². The molecule has 0 spiro atoms. The predicted molar refractivity (Wildman–Crippen MR) is 68.9 cm³/mol. The topological polar surface area (TPSA) is 18.5 Å². The first-order valence-corrected chi connectivity index (χ1v) is 6.76. The van der Waals surface area contributed by atoms with E-state index in [0.29, 0.717) is 0 Å². The van der Waals surface area contributed by atoms with Crippen molar-refractivity contribution in [3.8, 4) is 0 Å². The summed E-state index contributed by atoms with van der Waals surface area (Å²) in [6, 6.07) is 0. The minimum atomic E-state index is -0.0786. The van der Waals surface area contributed by atoms with Crippen molar-refractivity contribution in [1.82, 2.24) is 0 Å². The Balaban J connectivity index is 3.70. The van der Waals surface area contributed by atoms with Gasteiger partial charge in [0.1, 0.15) is 0 Å². The van der Waals surface area contributed by atoms with Crippen LogP contribution in [0.1, 0.15) is 33.1 Å². The maximum atomic E-state index is 5.70.